The van der Waals surface area contributed by atoms with E-state index >= 15 is 0 Å². The zero-order valence-corrected chi connectivity index (χ0v) is 22.9. The van der Waals surface area contributed by atoms with Crippen LogP contribution in [0.4, 0.5) is 0 Å². The maximum Gasteiger partial charge on any atom is 0.310 e. The number of hydrogen-bond donors (Lipinski definition) is 4. The van der Waals surface area contributed by atoms with Gasteiger partial charge in [0.1, 0.15) is 6.10 Å². The van der Waals surface area contributed by atoms with Crippen LogP contribution in [0.25, 0.3) is 0 Å². The lowest BCUT2D eigenvalue weighted by Gasteiger charge is -2.71. The Bertz CT molecular complexity index is 1010. The molecule has 202 valence electrons. The fourth-order valence-corrected chi connectivity index (χ4v) is 11.0. The van der Waals surface area contributed by atoms with Crippen molar-refractivity contribution in [3.63, 3.8) is 0 Å². The number of carboxylic acids is 1. The number of aliphatic hydroxyl groups excluding tert-OH is 2. The van der Waals surface area contributed by atoms with Crippen molar-refractivity contribution >= 4 is 11.8 Å². The second kappa shape index (κ2) is 7.66. The van der Waals surface area contributed by atoms with E-state index in [-0.39, 0.29) is 46.4 Å². The lowest BCUT2D eigenvalue weighted by atomic mass is 9.33. The molecule has 5 rings (SSSR count). The van der Waals surface area contributed by atoms with Crippen molar-refractivity contribution < 1.29 is 30.0 Å². The number of fused-ring (bicyclic) bond motifs is 7. The van der Waals surface area contributed by atoms with Gasteiger partial charge in [-0.3, -0.25) is 9.59 Å². The van der Waals surface area contributed by atoms with Crippen LogP contribution in [0.1, 0.15) is 92.9 Å². The highest BCUT2D eigenvalue weighted by Crippen LogP contribution is 2.75. The molecule has 0 spiro atoms. The minimum Gasteiger partial charge on any atom is -0.481 e. The van der Waals surface area contributed by atoms with Gasteiger partial charge in [0.25, 0.3) is 0 Å². The van der Waals surface area contributed by atoms with Gasteiger partial charge >= 0.3 is 5.97 Å². The van der Waals surface area contributed by atoms with Crippen LogP contribution in [-0.4, -0.2) is 50.5 Å². The normalized spacial score (nSPS) is 53.9. The van der Waals surface area contributed by atoms with Crippen LogP contribution in [0, 0.1) is 50.7 Å². The second-order valence-corrected chi connectivity index (χ2v) is 14.7. The summed E-state index contributed by atoms with van der Waals surface area (Å²) in [6.45, 7) is 12.6. The quantitative estimate of drug-likeness (QED) is 0.417. The number of carbonyl (C=O) groups is 2. The Morgan fingerprint density at radius 2 is 1.67 bits per heavy atom. The number of rotatable bonds is 2. The molecule has 0 aromatic carbocycles. The molecule has 6 heteroatoms. The van der Waals surface area contributed by atoms with Gasteiger partial charge in [0.2, 0.25) is 0 Å². The van der Waals surface area contributed by atoms with E-state index in [2.05, 4.69) is 26.8 Å². The minimum atomic E-state index is -1.31. The molecule has 0 heterocycles. The Kier molecular flexibility index (Phi) is 5.61. The highest BCUT2D eigenvalue weighted by Gasteiger charge is 2.72. The lowest BCUT2D eigenvalue weighted by Crippen LogP contribution is -2.68. The van der Waals surface area contributed by atoms with Crippen molar-refractivity contribution in [2.24, 2.45) is 50.7 Å². The Morgan fingerprint density at radius 3 is 2.28 bits per heavy atom. The van der Waals surface area contributed by atoms with Crippen LogP contribution < -0.4 is 0 Å². The maximum atomic E-state index is 13.1. The van der Waals surface area contributed by atoms with E-state index in [0.29, 0.717) is 25.7 Å². The van der Waals surface area contributed by atoms with Crippen molar-refractivity contribution in [1.29, 1.82) is 0 Å². The third kappa shape index (κ3) is 2.90. The smallest absolute Gasteiger partial charge is 0.310 e. The molecule has 0 saturated heterocycles. The molecule has 0 aromatic heterocycles. The van der Waals surface area contributed by atoms with E-state index in [1.165, 1.54) is 0 Å². The number of hydrogen-bond acceptors (Lipinski definition) is 5. The molecule has 6 nitrogen and oxygen atoms in total. The average molecular weight is 503 g/mol. The van der Waals surface area contributed by atoms with Crippen LogP contribution in [0.3, 0.4) is 0 Å². The molecule has 0 aromatic rings. The summed E-state index contributed by atoms with van der Waals surface area (Å²) in [7, 11) is 0. The Hall–Kier alpha value is -1.24. The summed E-state index contributed by atoms with van der Waals surface area (Å²) in [6.07, 6.45) is 6.56. The van der Waals surface area contributed by atoms with Gasteiger partial charge in [0.15, 0.2) is 5.78 Å². The zero-order chi connectivity index (χ0) is 26.7. The molecule has 4 fully saturated rings. The standard InChI is InChI=1S/C30H46O6/c1-25(2)20-10-11-28(5)21(26(20,3)15-19(32)23(25)33)8-7-18-22-29(6,36)17(16-31)9-12-30(22,24(34)35)14-13-27(18,28)4/h7,17,20-23,31,33,36H,8-16H2,1-6H3,(H,34,35)/t17-,20-,21+,22+,23-,26-,27+,28+,29+,30-/m0/s1. The van der Waals surface area contributed by atoms with Crippen LogP contribution in [0.15, 0.2) is 11.6 Å². The molecular weight excluding hydrogens is 456 g/mol. The van der Waals surface area contributed by atoms with Gasteiger partial charge in [-0.05, 0) is 80.0 Å². The van der Waals surface area contributed by atoms with E-state index in [1.807, 2.05) is 13.8 Å². The fourth-order valence-electron chi connectivity index (χ4n) is 11.0. The molecule has 0 bridgehead atoms. The van der Waals surface area contributed by atoms with E-state index in [9.17, 15) is 30.0 Å². The first-order valence-corrected chi connectivity index (χ1v) is 14.0. The lowest BCUT2D eigenvalue weighted by molar-refractivity contribution is -0.217. The number of ketones is 1. The van der Waals surface area contributed by atoms with Gasteiger partial charge in [0, 0.05) is 30.3 Å². The second-order valence-electron chi connectivity index (χ2n) is 14.7. The van der Waals surface area contributed by atoms with E-state index in [1.54, 1.807) is 6.92 Å². The Balaban J connectivity index is 1.65. The summed E-state index contributed by atoms with van der Waals surface area (Å²) in [6, 6.07) is 0. The summed E-state index contributed by atoms with van der Waals surface area (Å²) in [5, 5.41) is 43.4. The van der Waals surface area contributed by atoms with Crippen LogP contribution in [0.2, 0.25) is 0 Å². The monoisotopic (exact) mass is 502 g/mol. The molecule has 0 unspecified atom stereocenters. The zero-order valence-electron chi connectivity index (χ0n) is 22.9. The predicted molar refractivity (Wildman–Crippen MR) is 136 cm³/mol. The molecule has 4 saturated carbocycles. The van der Waals surface area contributed by atoms with E-state index < -0.39 is 34.4 Å². The van der Waals surface area contributed by atoms with Crippen LogP contribution in [0.5, 0.6) is 0 Å². The van der Waals surface area contributed by atoms with Crippen LogP contribution in [-0.2, 0) is 9.59 Å². The number of carboxylic acid groups (broad SMARTS) is 1. The molecule has 5 aliphatic rings. The van der Waals surface area contributed by atoms with Crippen molar-refractivity contribution in [2.45, 2.75) is 105 Å². The van der Waals surface area contributed by atoms with Gasteiger partial charge in [-0.15, -0.1) is 0 Å². The van der Waals surface area contributed by atoms with Crippen molar-refractivity contribution in [3.8, 4) is 0 Å². The average Bonchev–Trinajstić information content (AvgIpc) is 2.77. The number of aliphatic carboxylic acids is 1. The molecule has 0 radical (unpaired) electrons. The third-order valence-corrected chi connectivity index (χ3v) is 13.2. The maximum absolute atomic E-state index is 13.1. The fraction of sp³-hybridized carbons (Fsp3) is 0.867. The highest BCUT2D eigenvalue weighted by atomic mass is 16.4. The summed E-state index contributed by atoms with van der Waals surface area (Å²) in [4.78, 5) is 25.9. The number of carbonyl (C=O) groups excluding carboxylic acids is 1. The van der Waals surface area contributed by atoms with Crippen molar-refractivity contribution in [2.75, 3.05) is 6.61 Å². The minimum absolute atomic E-state index is 0.0579. The SMILES string of the molecule is CC1(C)[C@@H](O)C(=O)C[C@]2(C)[C@H]3CC=C4[C@H]5[C@](C(=O)O)(CC[C@@H](CO)[C@@]5(C)O)CC[C@@]4(C)[C@]3(C)CC[C@@H]12. The van der Waals surface area contributed by atoms with Crippen molar-refractivity contribution in [3.05, 3.63) is 11.6 Å². The largest absolute Gasteiger partial charge is 0.481 e. The molecule has 10 atom stereocenters. The summed E-state index contributed by atoms with van der Waals surface area (Å²) < 4.78 is 0. The van der Waals surface area contributed by atoms with E-state index in [4.69, 9.17) is 0 Å². The number of Topliss-reactive ketones (excluding diaryl/α,β-unsaturated/α-hetero) is 1. The molecule has 5 aliphatic carbocycles. The molecule has 0 amide bonds. The molecular formula is C30H46O6. The molecule has 4 N–H and O–H groups in total. The Labute approximate surface area is 215 Å². The summed E-state index contributed by atoms with van der Waals surface area (Å²) in [5.41, 5.74) is -2.45. The van der Waals surface area contributed by atoms with Gasteiger partial charge in [0.05, 0.1) is 11.0 Å². The topological polar surface area (TPSA) is 115 Å². The summed E-state index contributed by atoms with van der Waals surface area (Å²) >= 11 is 0. The number of aliphatic hydroxyl groups is 3. The number of allylic oxidation sites excluding steroid dienone is 1. The van der Waals surface area contributed by atoms with E-state index in [0.717, 1.165) is 31.3 Å². The first-order chi connectivity index (χ1) is 16.5. The van der Waals surface area contributed by atoms with Crippen molar-refractivity contribution in [1.82, 2.24) is 0 Å². The third-order valence-electron chi connectivity index (χ3n) is 13.2. The van der Waals surface area contributed by atoms with Gasteiger partial charge in [-0.1, -0.05) is 46.3 Å². The predicted octanol–water partition coefficient (Wildman–Crippen LogP) is 4.36. The Morgan fingerprint density at radius 1 is 1.00 bits per heavy atom. The summed E-state index contributed by atoms with van der Waals surface area (Å²) in [5.74, 6) is -1.32. The van der Waals surface area contributed by atoms with Gasteiger partial charge < -0.3 is 20.4 Å². The van der Waals surface area contributed by atoms with Crippen LogP contribution >= 0.6 is 0 Å². The molecule has 0 aliphatic heterocycles. The van der Waals surface area contributed by atoms with Gasteiger partial charge in [-0.2, -0.15) is 0 Å². The first-order valence-electron chi connectivity index (χ1n) is 14.0. The first kappa shape index (κ1) is 26.4. The highest BCUT2D eigenvalue weighted by molar-refractivity contribution is 5.85. The molecule has 36 heavy (non-hydrogen) atoms. The van der Waals surface area contributed by atoms with Gasteiger partial charge in [-0.25, -0.2) is 0 Å².